The number of ketones is 1. The molecule has 0 aromatic rings. The smallest absolute Gasteiger partial charge is 0.365 e. The lowest BCUT2D eigenvalue weighted by Crippen LogP contribution is -2.71. The van der Waals surface area contributed by atoms with Crippen molar-refractivity contribution in [3.63, 3.8) is 0 Å². The fraction of sp³-hybridized carbons (Fsp3) is 0.833. The summed E-state index contributed by atoms with van der Waals surface area (Å²) in [7, 11) is 1.35. The number of aliphatic hydroxyl groups excluding tert-OH is 4. The summed E-state index contributed by atoms with van der Waals surface area (Å²) in [6.07, 6.45) is -6.79. The van der Waals surface area contributed by atoms with Crippen LogP contribution in [0.5, 0.6) is 0 Å². The maximum Gasteiger partial charge on any atom is 0.365 e. The summed E-state index contributed by atoms with van der Waals surface area (Å²) in [5.41, 5.74) is 0. The molecule has 0 aliphatic carbocycles. The van der Waals surface area contributed by atoms with Crippen molar-refractivity contribution in [1.82, 2.24) is 5.32 Å². The number of aliphatic hydroxyl groups is 5. The standard InChI is InChI=1S/C12H21NO9/c1-4(15)6-9(18)7(13-2)10(8(17)5(16)3-14)22-12(6,21)11(19)20/h5-10,13-14,16-18,21H,3H2,1-2H3,(H,19,20)/t5-,6?,7-,8-,9+,10-,12?/m1/s1. The SMILES string of the molecule is CN[C@H]1[C@H]([C@H](O)[C@H](O)CO)OC(O)(C(=O)O)C(C(C)=O)[C@@H]1O. The van der Waals surface area contributed by atoms with Gasteiger partial charge in [0.15, 0.2) is 0 Å². The minimum atomic E-state index is -3.07. The number of hydrogen-bond acceptors (Lipinski definition) is 9. The van der Waals surface area contributed by atoms with Crippen LogP contribution in [0.25, 0.3) is 0 Å². The van der Waals surface area contributed by atoms with Gasteiger partial charge in [-0.15, -0.1) is 0 Å². The molecule has 1 heterocycles. The first-order valence-corrected chi connectivity index (χ1v) is 6.58. The van der Waals surface area contributed by atoms with Crippen LogP contribution < -0.4 is 5.32 Å². The Hall–Kier alpha value is -1.14. The minimum Gasteiger partial charge on any atom is -0.477 e. The number of rotatable bonds is 6. The number of aliphatic carboxylic acids is 1. The second-order valence-electron chi connectivity index (χ2n) is 5.22. The van der Waals surface area contributed by atoms with Gasteiger partial charge in [0.1, 0.15) is 30.0 Å². The van der Waals surface area contributed by atoms with Gasteiger partial charge in [0, 0.05) is 0 Å². The third-order valence-corrected chi connectivity index (χ3v) is 3.80. The van der Waals surface area contributed by atoms with E-state index in [2.05, 4.69) is 5.32 Å². The van der Waals surface area contributed by atoms with Gasteiger partial charge in [-0.25, -0.2) is 4.79 Å². The first-order valence-electron chi connectivity index (χ1n) is 6.58. The number of Topliss-reactive ketones (excluding diaryl/α,β-unsaturated/α-hetero) is 1. The van der Waals surface area contributed by atoms with Crippen LogP contribution in [0.2, 0.25) is 0 Å². The predicted molar refractivity (Wildman–Crippen MR) is 69.6 cm³/mol. The Kier molecular flexibility index (Phi) is 5.98. The fourth-order valence-electron chi connectivity index (χ4n) is 2.63. The highest BCUT2D eigenvalue weighted by Gasteiger charge is 2.61. The van der Waals surface area contributed by atoms with Crippen molar-refractivity contribution in [3.05, 3.63) is 0 Å². The summed E-state index contributed by atoms with van der Waals surface area (Å²) in [6, 6.07) is -1.16. The average Bonchev–Trinajstić information content (AvgIpc) is 2.44. The third kappa shape index (κ3) is 3.13. The number of ether oxygens (including phenoxy) is 1. The molecule has 0 aromatic carbocycles. The summed E-state index contributed by atoms with van der Waals surface area (Å²) in [5.74, 6) is -7.61. The lowest BCUT2D eigenvalue weighted by molar-refractivity contribution is -0.313. The van der Waals surface area contributed by atoms with Crippen LogP contribution in [-0.2, 0) is 14.3 Å². The number of hydrogen-bond donors (Lipinski definition) is 7. The summed E-state index contributed by atoms with van der Waals surface area (Å²) < 4.78 is 4.96. The van der Waals surface area contributed by atoms with Crippen molar-refractivity contribution in [1.29, 1.82) is 0 Å². The highest BCUT2D eigenvalue weighted by atomic mass is 16.7. The van der Waals surface area contributed by atoms with Crippen LogP contribution in [0, 0.1) is 5.92 Å². The number of carbonyl (C=O) groups is 2. The first-order chi connectivity index (χ1) is 10.1. The van der Waals surface area contributed by atoms with Gasteiger partial charge in [0.2, 0.25) is 0 Å². The third-order valence-electron chi connectivity index (χ3n) is 3.80. The van der Waals surface area contributed by atoms with Gasteiger partial charge in [0.25, 0.3) is 5.79 Å². The van der Waals surface area contributed by atoms with E-state index in [1.54, 1.807) is 0 Å². The first kappa shape index (κ1) is 18.9. The molecule has 0 amide bonds. The molecule has 22 heavy (non-hydrogen) atoms. The molecule has 0 spiro atoms. The van der Waals surface area contributed by atoms with Crippen LogP contribution >= 0.6 is 0 Å². The van der Waals surface area contributed by atoms with Crippen molar-refractivity contribution in [2.24, 2.45) is 5.92 Å². The Morgan fingerprint density at radius 1 is 1.36 bits per heavy atom. The zero-order valence-corrected chi connectivity index (χ0v) is 12.1. The van der Waals surface area contributed by atoms with Crippen LogP contribution in [-0.4, -0.2) is 92.3 Å². The van der Waals surface area contributed by atoms with Crippen molar-refractivity contribution < 1.29 is 45.0 Å². The van der Waals surface area contributed by atoms with Gasteiger partial charge in [-0.1, -0.05) is 0 Å². The van der Waals surface area contributed by atoms with Gasteiger partial charge in [-0.2, -0.15) is 0 Å². The molecule has 0 bridgehead atoms. The van der Waals surface area contributed by atoms with Crippen LogP contribution in [0.3, 0.4) is 0 Å². The van der Waals surface area contributed by atoms with E-state index in [4.69, 9.17) is 14.9 Å². The molecular formula is C12H21NO9. The minimum absolute atomic E-state index is 0.826. The molecule has 2 unspecified atom stereocenters. The topological polar surface area (TPSA) is 177 Å². The predicted octanol–water partition coefficient (Wildman–Crippen LogP) is -3.97. The highest BCUT2D eigenvalue weighted by Crippen LogP contribution is 2.35. The molecule has 0 radical (unpaired) electrons. The quantitative estimate of drug-likeness (QED) is 0.255. The second kappa shape index (κ2) is 6.96. The molecule has 10 heteroatoms. The Balaban J connectivity index is 3.27. The lowest BCUT2D eigenvalue weighted by atomic mass is 9.78. The lowest BCUT2D eigenvalue weighted by Gasteiger charge is -2.48. The van der Waals surface area contributed by atoms with Crippen LogP contribution in [0.1, 0.15) is 6.92 Å². The van der Waals surface area contributed by atoms with Gasteiger partial charge < -0.3 is 40.7 Å². The normalized spacial score (nSPS) is 38.3. The van der Waals surface area contributed by atoms with Gasteiger partial charge >= 0.3 is 5.97 Å². The summed E-state index contributed by atoms with van der Waals surface area (Å²) in [5, 5.41) is 60.3. The van der Waals surface area contributed by atoms with Crippen molar-refractivity contribution in [2.45, 2.75) is 43.2 Å². The molecule has 0 saturated carbocycles. The van der Waals surface area contributed by atoms with Gasteiger partial charge in [0.05, 0.1) is 18.8 Å². The molecule has 1 saturated heterocycles. The maximum atomic E-state index is 11.6. The van der Waals surface area contributed by atoms with Crippen molar-refractivity contribution in [2.75, 3.05) is 13.7 Å². The van der Waals surface area contributed by atoms with E-state index in [9.17, 15) is 30.0 Å². The molecule has 1 fully saturated rings. The van der Waals surface area contributed by atoms with E-state index in [-0.39, 0.29) is 0 Å². The van der Waals surface area contributed by atoms with Crippen LogP contribution in [0.4, 0.5) is 0 Å². The Morgan fingerprint density at radius 2 is 1.91 bits per heavy atom. The zero-order valence-electron chi connectivity index (χ0n) is 12.1. The molecule has 10 nitrogen and oxygen atoms in total. The summed E-state index contributed by atoms with van der Waals surface area (Å²) in [6.45, 7) is 0.131. The Labute approximate surface area is 125 Å². The molecule has 1 aliphatic rings. The zero-order chi connectivity index (χ0) is 17.2. The van der Waals surface area contributed by atoms with E-state index in [1.165, 1.54) is 7.05 Å². The summed E-state index contributed by atoms with van der Waals surface area (Å²) in [4.78, 5) is 22.9. The maximum absolute atomic E-state index is 11.6. The average molecular weight is 323 g/mol. The number of carbonyl (C=O) groups excluding carboxylic acids is 1. The molecule has 7 N–H and O–H groups in total. The van der Waals surface area contributed by atoms with Crippen molar-refractivity contribution in [3.8, 4) is 0 Å². The largest absolute Gasteiger partial charge is 0.477 e. The van der Waals surface area contributed by atoms with E-state index >= 15 is 0 Å². The Bertz CT molecular complexity index is 431. The number of carboxylic acids is 1. The van der Waals surface area contributed by atoms with E-state index in [0.717, 1.165) is 6.92 Å². The Morgan fingerprint density at radius 3 is 2.27 bits per heavy atom. The van der Waals surface area contributed by atoms with Crippen LogP contribution in [0.15, 0.2) is 0 Å². The monoisotopic (exact) mass is 323 g/mol. The number of carboxylic acid groups (broad SMARTS) is 1. The molecule has 1 aliphatic heterocycles. The second-order valence-corrected chi connectivity index (χ2v) is 5.22. The van der Waals surface area contributed by atoms with Gasteiger partial charge in [-0.3, -0.25) is 4.79 Å². The number of likely N-dealkylation sites (N-methyl/N-ethyl adjacent to an activating group) is 1. The fourth-order valence-corrected chi connectivity index (χ4v) is 2.63. The molecular weight excluding hydrogens is 302 g/mol. The molecule has 1 rings (SSSR count). The molecule has 128 valence electrons. The summed E-state index contributed by atoms with van der Waals surface area (Å²) >= 11 is 0. The molecule has 0 aromatic heterocycles. The van der Waals surface area contributed by atoms with E-state index < -0.39 is 60.5 Å². The highest BCUT2D eigenvalue weighted by molar-refractivity contribution is 5.88. The molecule has 7 atom stereocenters. The van der Waals surface area contributed by atoms with Crippen molar-refractivity contribution >= 4 is 11.8 Å². The van der Waals surface area contributed by atoms with Gasteiger partial charge in [-0.05, 0) is 14.0 Å². The van der Waals surface area contributed by atoms with E-state index in [0.29, 0.717) is 0 Å². The number of nitrogens with one attached hydrogen (secondary N) is 1. The van der Waals surface area contributed by atoms with E-state index in [1.807, 2.05) is 0 Å².